The average molecular weight is 341 g/mol. The number of hydrogen-bond acceptors (Lipinski definition) is 5. The van der Waals surface area contributed by atoms with E-state index in [0.717, 1.165) is 32.4 Å². The Morgan fingerprint density at radius 2 is 2.17 bits per heavy atom. The summed E-state index contributed by atoms with van der Waals surface area (Å²) in [6, 6.07) is 5.98. The fourth-order valence-corrected chi connectivity index (χ4v) is 4.13. The van der Waals surface area contributed by atoms with Crippen LogP contribution in [-0.2, 0) is 15.8 Å². The van der Waals surface area contributed by atoms with Crippen molar-refractivity contribution in [3.8, 4) is 0 Å². The van der Waals surface area contributed by atoms with Gasteiger partial charge in [-0.3, -0.25) is 15.0 Å². The van der Waals surface area contributed by atoms with Crippen LogP contribution in [0.1, 0.15) is 31.7 Å². The van der Waals surface area contributed by atoms with E-state index in [9.17, 15) is 18.5 Å². The van der Waals surface area contributed by atoms with Crippen LogP contribution in [0.15, 0.2) is 24.3 Å². The molecule has 7 nitrogen and oxygen atoms in total. The molecule has 1 aromatic rings. The van der Waals surface area contributed by atoms with Gasteiger partial charge in [0.25, 0.3) is 5.69 Å². The van der Waals surface area contributed by atoms with Crippen LogP contribution in [-0.4, -0.2) is 43.9 Å². The van der Waals surface area contributed by atoms with Crippen molar-refractivity contribution in [1.29, 1.82) is 0 Å². The molecule has 0 saturated carbocycles. The van der Waals surface area contributed by atoms with Gasteiger partial charge in [0.2, 0.25) is 10.0 Å². The summed E-state index contributed by atoms with van der Waals surface area (Å²) in [5.74, 6) is -0.243. The van der Waals surface area contributed by atoms with E-state index in [0.29, 0.717) is 12.1 Å². The maximum Gasteiger partial charge on any atom is 0.269 e. The standard InChI is InChI=1S/C15H23N3O4S/c1-2-17-9-4-3-7-15(17)11-16-23(21,22)12-13-6-5-8-14(10-13)18(19)20/h5-6,8,10,15-16H,2-4,7,9,11-12H2,1H3/t15-/m0/s1. The van der Waals surface area contributed by atoms with Gasteiger partial charge in [-0.2, -0.15) is 0 Å². The van der Waals surface area contributed by atoms with Crippen LogP contribution < -0.4 is 4.72 Å². The highest BCUT2D eigenvalue weighted by Crippen LogP contribution is 2.17. The second-order valence-electron chi connectivity index (χ2n) is 5.81. The zero-order valence-corrected chi connectivity index (χ0v) is 14.1. The van der Waals surface area contributed by atoms with Gasteiger partial charge in [-0.25, -0.2) is 13.1 Å². The topological polar surface area (TPSA) is 92.6 Å². The minimum absolute atomic E-state index is 0.0952. The van der Waals surface area contributed by atoms with Gasteiger partial charge in [-0.15, -0.1) is 0 Å². The Morgan fingerprint density at radius 1 is 1.39 bits per heavy atom. The summed E-state index contributed by atoms with van der Waals surface area (Å²) in [5.41, 5.74) is 0.324. The van der Waals surface area contributed by atoms with Crippen molar-refractivity contribution in [3.63, 3.8) is 0 Å². The van der Waals surface area contributed by atoms with Crippen molar-refractivity contribution in [2.24, 2.45) is 0 Å². The normalized spacial score (nSPS) is 19.6. The molecule has 0 unspecified atom stereocenters. The van der Waals surface area contributed by atoms with Crippen LogP contribution in [0, 0.1) is 10.1 Å². The molecule has 2 rings (SSSR count). The van der Waals surface area contributed by atoms with E-state index in [1.165, 1.54) is 18.2 Å². The van der Waals surface area contributed by atoms with E-state index in [1.807, 2.05) is 0 Å². The van der Waals surface area contributed by atoms with E-state index in [2.05, 4.69) is 16.5 Å². The molecule has 1 aliphatic heterocycles. The number of benzene rings is 1. The number of piperidine rings is 1. The zero-order valence-electron chi connectivity index (χ0n) is 13.3. The lowest BCUT2D eigenvalue weighted by Crippen LogP contribution is -2.46. The molecule has 0 spiro atoms. The van der Waals surface area contributed by atoms with Gasteiger partial charge < -0.3 is 0 Å². The molecule has 1 fully saturated rings. The summed E-state index contributed by atoms with van der Waals surface area (Å²) in [4.78, 5) is 12.5. The van der Waals surface area contributed by atoms with Crippen molar-refractivity contribution in [1.82, 2.24) is 9.62 Å². The van der Waals surface area contributed by atoms with Crippen LogP contribution >= 0.6 is 0 Å². The number of rotatable bonds is 7. The van der Waals surface area contributed by atoms with Crippen molar-refractivity contribution >= 4 is 15.7 Å². The summed E-state index contributed by atoms with van der Waals surface area (Å²) >= 11 is 0. The monoisotopic (exact) mass is 341 g/mol. The third kappa shape index (κ3) is 5.26. The Balaban J connectivity index is 1.96. The molecule has 1 atom stereocenters. The molecule has 1 saturated heterocycles. The third-order valence-corrected chi connectivity index (χ3v) is 5.49. The summed E-state index contributed by atoms with van der Waals surface area (Å²) in [6.45, 7) is 4.39. The highest BCUT2D eigenvalue weighted by molar-refractivity contribution is 7.88. The van der Waals surface area contributed by atoms with Gasteiger partial charge >= 0.3 is 0 Å². The largest absolute Gasteiger partial charge is 0.299 e. The van der Waals surface area contributed by atoms with E-state index in [1.54, 1.807) is 6.07 Å². The van der Waals surface area contributed by atoms with Crippen molar-refractivity contribution in [2.45, 2.75) is 38.0 Å². The van der Waals surface area contributed by atoms with E-state index >= 15 is 0 Å². The number of nitrogens with one attached hydrogen (secondary N) is 1. The molecule has 1 aliphatic rings. The second kappa shape index (κ2) is 7.85. The molecule has 1 heterocycles. The lowest BCUT2D eigenvalue weighted by atomic mass is 10.0. The van der Waals surface area contributed by atoms with Crippen molar-refractivity contribution in [3.05, 3.63) is 39.9 Å². The van der Waals surface area contributed by atoms with Crippen molar-refractivity contribution < 1.29 is 13.3 Å². The van der Waals surface area contributed by atoms with Gasteiger partial charge in [0.15, 0.2) is 0 Å². The quantitative estimate of drug-likeness (QED) is 0.604. The fourth-order valence-electron chi connectivity index (χ4n) is 2.96. The number of likely N-dealkylation sites (N-methyl/N-ethyl adjacent to an activating group) is 1. The minimum Gasteiger partial charge on any atom is -0.299 e. The lowest BCUT2D eigenvalue weighted by molar-refractivity contribution is -0.384. The number of nitro groups is 1. The molecule has 23 heavy (non-hydrogen) atoms. The first kappa shape index (κ1) is 17.8. The Kier molecular flexibility index (Phi) is 6.09. The van der Waals surface area contributed by atoms with Crippen LogP contribution in [0.3, 0.4) is 0 Å². The summed E-state index contributed by atoms with van der Waals surface area (Å²) in [7, 11) is -3.51. The smallest absolute Gasteiger partial charge is 0.269 e. The number of nitrogens with zero attached hydrogens (tertiary/aromatic N) is 2. The Bertz CT molecular complexity index is 648. The summed E-state index contributed by atoms with van der Waals surface area (Å²) < 4.78 is 27.1. The molecule has 128 valence electrons. The summed E-state index contributed by atoms with van der Waals surface area (Å²) in [5, 5.41) is 10.8. The fraction of sp³-hybridized carbons (Fsp3) is 0.600. The molecule has 8 heteroatoms. The van der Waals surface area contributed by atoms with Crippen LogP contribution in [0.2, 0.25) is 0 Å². The number of likely N-dealkylation sites (tertiary alicyclic amines) is 1. The summed E-state index contributed by atoms with van der Waals surface area (Å²) in [6.07, 6.45) is 3.27. The number of sulfonamides is 1. The predicted molar refractivity (Wildman–Crippen MR) is 88.6 cm³/mol. The molecule has 0 amide bonds. The van der Waals surface area contributed by atoms with Gasteiger partial charge in [0, 0.05) is 24.7 Å². The number of nitro benzene ring substituents is 1. The van der Waals surface area contributed by atoms with Gasteiger partial charge in [0.1, 0.15) is 0 Å². The minimum atomic E-state index is -3.51. The molecule has 0 bridgehead atoms. The average Bonchev–Trinajstić information content (AvgIpc) is 2.53. The molecular formula is C15H23N3O4S. The molecule has 1 aromatic carbocycles. The Hall–Kier alpha value is -1.51. The molecular weight excluding hydrogens is 318 g/mol. The van der Waals surface area contributed by atoms with E-state index in [-0.39, 0.29) is 17.5 Å². The zero-order chi connectivity index (χ0) is 16.9. The van der Waals surface area contributed by atoms with E-state index < -0.39 is 14.9 Å². The highest BCUT2D eigenvalue weighted by Gasteiger charge is 2.23. The second-order valence-corrected chi connectivity index (χ2v) is 7.62. The Morgan fingerprint density at radius 3 is 2.87 bits per heavy atom. The predicted octanol–water partition coefficient (Wildman–Crippen LogP) is 1.89. The van der Waals surface area contributed by atoms with Gasteiger partial charge in [0.05, 0.1) is 10.7 Å². The number of hydrogen-bond donors (Lipinski definition) is 1. The Labute approximate surface area is 136 Å². The molecule has 0 aromatic heterocycles. The first-order valence-electron chi connectivity index (χ1n) is 7.86. The maximum atomic E-state index is 12.2. The first-order valence-corrected chi connectivity index (χ1v) is 9.51. The van der Waals surface area contributed by atoms with Gasteiger partial charge in [-0.1, -0.05) is 25.5 Å². The SMILES string of the molecule is CCN1CCCC[C@H]1CNS(=O)(=O)Cc1cccc([N+](=O)[O-])c1. The molecule has 0 radical (unpaired) electrons. The maximum absolute atomic E-state index is 12.2. The van der Waals surface area contributed by atoms with E-state index in [4.69, 9.17) is 0 Å². The highest BCUT2D eigenvalue weighted by atomic mass is 32.2. The first-order chi connectivity index (χ1) is 10.9. The molecule has 1 N–H and O–H groups in total. The molecule has 0 aliphatic carbocycles. The van der Waals surface area contributed by atoms with Gasteiger partial charge in [-0.05, 0) is 31.5 Å². The lowest BCUT2D eigenvalue weighted by Gasteiger charge is -2.34. The van der Waals surface area contributed by atoms with Crippen LogP contribution in [0.5, 0.6) is 0 Å². The van der Waals surface area contributed by atoms with Crippen LogP contribution in [0.4, 0.5) is 5.69 Å². The van der Waals surface area contributed by atoms with Crippen LogP contribution in [0.25, 0.3) is 0 Å². The number of non-ortho nitro benzene ring substituents is 1. The third-order valence-electron chi connectivity index (χ3n) is 4.17. The van der Waals surface area contributed by atoms with Crippen molar-refractivity contribution in [2.75, 3.05) is 19.6 Å².